The van der Waals surface area contributed by atoms with E-state index in [0.29, 0.717) is 37.4 Å². The zero-order valence-corrected chi connectivity index (χ0v) is 26.3. The summed E-state index contributed by atoms with van der Waals surface area (Å²) in [5.41, 5.74) is 0.191. The van der Waals surface area contributed by atoms with Crippen molar-refractivity contribution in [2.75, 3.05) is 20.2 Å². The quantitative estimate of drug-likeness (QED) is 0.170. The predicted molar refractivity (Wildman–Crippen MR) is 170 cm³/mol. The molecule has 2 saturated carbocycles. The van der Waals surface area contributed by atoms with Crippen LogP contribution in [0.5, 0.6) is 5.75 Å². The summed E-state index contributed by atoms with van der Waals surface area (Å²) < 4.78 is 5.30. The molecule has 2 aliphatic carbocycles. The van der Waals surface area contributed by atoms with Crippen LogP contribution in [0.3, 0.4) is 0 Å². The zero-order chi connectivity index (χ0) is 31.8. The summed E-state index contributed by atoms with van der Waals surface area (Å²) in [7, 11) is 1.58. The number of hydrogen-bond acceptors (Lipinski definition) is 7. The van der Waals surface area contributed by atoms with Gasteiger partial charge in [-0.05, 0) is 68.8 Å². The topological polar surface area (TPSA) is 158 Å². The van der Waals surface area contributed by atoms with E-state index in [1.165, 1.54) is 0 Å². The van der Waals surface area contributed by atoms with Gasteiger partial charge in [-0.25, -0.2) is 0 Å². The van der Waals surface area contributed by atoms with E-state index < -0.39 is 41.0 Å². The van der Waals surface area contributed by atoms with Gasteiger partial charge in [0.2, 0.25) is 11.7 Å². The van der Waals surface area contributed by atoms with E-state index in [2.05, 4.69) is 26.3 Å². The maximum Gasteiger partial charge on any atom is 0.289 e. The number of benzene rings is 1. The Labute approximate surface area is 264 Å². The van der Waals surface area contributed by atoms with Crippen LogP contribution >= 0.6 is 0 Å². The monoisotopic (exact) mass is 621 g/mol. The molecule has 2 aromatic rings. The van der Waals surface area contributed by atoms with Crippen LogP contribution < -0.4 is 26.0 Å². The van der Waals surface area contributed by atoms with Crippen LogP contribution in [0.2, 0.25) is 0 Å². The molecule has 0 bridgehead atoms. The van der Waals surface area contributed by atoms with E-state index in [9.17, 15) is 24.0 Å². The van der Waals surface area contributed by atoms with Crippen LogP contribution in [0.25, 0.3) is 10.9 Å². The molecule has 0 unspecified atom stereocenters. The number of ketones is 1. The highest BCUT2D eigenvalue weighted by atomic mass is 16.5. The number of rotatable bonds is 13. The van der Waals surface area contributed by atoms with Gasteiger partial charge in [0.05, 0.1) is 13.2 Å². The molecule has 0 spiro atoms. The number of nitrogens with one attached hydrogen (secondary N) is 5. The van der Waals surface area contributed by atoms with Crippen LogP contribution in [-0.4, -0.2) is 73.1 Å². The van der Waals surface area contributed by atoms with E-state index in [1.807, 2.05) is 12.1 Å². The lowest BCUT2D eigenvalue weighted by molar-refractivity contribution is -0.141. The van der Waals surface area contributed by atoms with Gasteiger partial charge >= 0.3 is 0 Å². The number of aromatic nitrogens is 1. The molecule has 1 aromatic heterocycles. The Balaban J connectivity index is 1.35. The minimum atomic E-state index is -1.20. The van der Waals surface area contributed by atoms with Gasteiger partial charge in [-0.1, -0.05) is 51.4 Å². The van der Waals surface area contributed by atoms with Crippen molar-refractivity contribution in [3.63, 3.8) is 0 Å². The number of H-pyrrole nitrogens is 1. The highest BCUT2D eigenvalue weighted by Gasteiger charge is 2.41. The molecular weight excluding hydrogens is 574 g/mol. The molecule has 5 N–H and O–H groups in total. The lowest BCUT2D eigenvalue weighted by Gasteiger charge is -2.30. The second-order valence-electron chi connectivity index (χ2n) is 13.2. The lowest BCUT2D eigenvalue weighted by atomic mass is 9.80. The molecule has 1 saturated heterocycles. The number of ether oxygens (including phenoxy) is 1. The molecule has 1 aromatic carbocycles. The fourth-order valence-electron chi connectivity index (χ4n) is 7.22. The molecule has 244 valence electrons. The maximum atomic E-state index is 14.0. The van der Waals surface area contributed by atoms with Crippen molar-refractivity contribution in [3.8, 4) is 5.75 Å². The smallest absolute Gasteiger partial charge is 0.289 e. The van der Waals surface area contributed by atoms with Crippen molar-refractivity contribution in [1.29, 1.82) is 0 Å². The standard InChI is InChI=1S/C34H47N5O6/c1-45-25-12-13-26-23(17-25)18-28(37-26)32(43)38-27(16-22-8-4-2-5-9-22)31(42)39-29(19-34(21-40)14-15-35-20-34)30(41)33(44)36-24-10-6-3-7-11-24/h12-13,17-18,21-22,24,27,29,35,37H,2-11,14-16,19-20H2,1H3,(H,36,44)(H,38,43)(H,39,42)/t27-,29+,34+/m1/s1. The Hall–Kier alpha value is -3.73. The average Bonchev–Trinajstić information content (AvgIpc) is 3.72. The Morgan fingerprint density at radius 3 is 2.38 bits per heavy atom. The molecule has 2 heterocycles. The van der Waals surface area contributed by atoms with E-state index in [1.54, 1.807) is 19.2 Å². The van der Waals surface area contributed by atoms with Gasteiger partial charge in [0.15, 0.2) is 0 Å². The number of fused-ring (bicyclic) bond motifs is 1. The Morgan fingerprint density at radius 2 is 1.71 bits per heavy atom. The minimum Gasteiger partial charge on any atom is -0.497 e. The average molecular weight is 622 g/mol. The minimum absolute atomic E-state index is 0.0140. The number of aldehydes is 1. The second-order valence-corrected chi connectivity index (χ2v) is 13.2. The van der Waals surface area contributed by atoms with Gasteiger partial charge in [-0.3, -0.25) is 19.2 Å². The fraction of sp³-hybridized carbons (Fsp3) is 0.618. The number of carbonyl (C=O) groups is 5. The largest absolute Gasteiger partial charge is 0.497 e. The molecule has 3 amide bonds. The van der Waals surface area contributed by atoms with Crippen LogP contribution in [-0.2, 0) is 19.2 Å². The number of amides is 3. The van der Waals surface area contributed by atoms with E-state index >= 15 is 0 Å². The first-order chi connectivity index (χ1) is 21.8. The summed E-state index contributed by atoms with van der Waals surface area (Å²) in [5.74, 6) is -1.55. The van der Waals surface area contributed by atoms with Gasteiger partial charge in [-0.15, -0.1) is 0 Å². The number of carbonyl (C=O) groups excluding carboxylic acids is 5. The predicted octanol–water partition coefficient (Wildman–Crippen LogP) is 3.32. The molecular formula is C34H47N5O6. The van der Waals surface area contributed by atoms with E-state index in [0.717, 1.165) is 81.4 Å². The summed E-state index contributed by atoms with van der Waals surface area (Å²) in [4.78, 5) is 69.7. The van der Waals surface area contributed by atoms with Gasteiger partial charge < -0.3 is 35.8 Å². The van der Waals surface area contributed by atoms with Gasteiger partial charge in [0.1, 0.15) is 23.8 Å². The molecule has 5 rings (SSSR count). The number of aromatic amines is 1. The molecule has 3 fully saturated rings. The summed E-state index contributed by atoms with van der Waals surface area (Å²) in [6.07, 6.45) is 11.7. The summed E-state index contributed by atoms with van der Waals surface area (Å²) in [5, 5.41) is 12.6. The van der Waals surface area contributed by atoms with E-state index in [4.69, 9.17) is 4.74 Å². The zero-order valence-electron chi connectivity index (χ0n) is 26.3. The third-order valence-electron chi connectivity index (χ3n) is 9.92. The van der Waals surface area contributed by atoms with Crippen molar-refractivity contribution in [1.82, 2.24) is 26.3 Å². The maximum absolute atomic E-state index is 14.0. The van der Waals surface area contributed by atoms with Crippen molar-refractivity contribution < 1.29 is 28.7 Å². The van der Waals surface area contributed by atoms with Crippen molar-refractivity contribution in [2.24, 2.45) is 11.3 Å². The van der Waals surface area contributed by atoms with Gasteiger partial charge in [0.25, 0.3) is 11.8 Å². The van der Waals surface area contributed by atoms with Crippen LogP contribution in [0.4, 0.5) is 0 Å². The number of hydrogen-bond donors (Lipinski definition) is 5. The molecule has 11 heteroatoms. The van der Waals surface area contributed by atoms with E-state index in [-0.39, 0.29) is 18.4 Å². The van der Waals surface area contributed by atoms with Crippen LogP contribution in [0, 0.1) is 11.3 Å². The highest BCUT2D eigenvalue weighted by Crippen LogP contribution is 2.30. The first-order valence-electron chi connectivity index (χ1n) is 16.6. The molecule has 3 atom stereocenters. The third kappa shape index (κ3) is 8.31. The SMILES string of the molecule is COc1ccc2[nH]c(C(=O)N[C@H](CC3CCCCC3)C(=O)N[C@@H](C[C@@]3(C=O)CCNC3)C(=O)C(=O)NC3CCCCC3)cc2c1. The van der Waals surface area contributed by atoms with Crippen LogP contribution in [0.15, 0.2) is 24.3 Å². The Morgan fingerprint density at radius 1 is 0.978 bits per heavy atom. The molecule has 45 heavy (non-hydrogen) atoms. The Bertz CT molecular complexity index is 1370. The van der Waals surface area contributed by atoms with Gasteiger partial charge in [0, 0.05) is 28.9 Å². The second kappa shape index (κ2) is 15.0. The summed E-state index contributed by atoms with van der Waals surface area (Å²) in [6, 6.07) is 4.97. The molecule has 1 aliphatic heterocycles. The van der Waals surface area contributed by atoms with Crippen molar-refractivity contribution in [3.05, 3.63) is 30.0 Å². The van der Waals surface area contributed by atoms with Crippen molar-refractivity contribution in [2.45, 2.75) is 102 Å². The van der Waals surface area contributed by atoms with Crippen LogP contribution in [0.1, 0.15) is 94.0 Å². The Kier molecular flexibility index (Phi) is 10.9. The summed E-state index contributed by atoms with van der Waals surface area (Å²) in [6.45, 7) is 0.979. The first kappa shape index (κ1) is 32.7. The number of methoxy groups -OCH3 is 1. The third-order valence-corrected chi connectivity index (χ3v) is 9.92. The highest BCUT2D eigenvalue weighted by molar-refractivity contribution is 6.38. The fourth-order valence-corrected chi connectivity index (χ4v) is 7.22. The first-order valence-corrected chi connectivity index (χ1v) is 16.6. The lowest BCUT2D eigenvalue weighted by Crippen LogP contribution is -2.56. The molecule has 3 aliphatic rings. The van der Waals surface area contributed by atoms with Gasteiger partial charge in [-0.2, -0.15) is 0 Å². The normalized spacial score (nSPS) is 22.3. The summed E-state index contributed by atoms with van der Waals surface area (Å²) >= 11 is 0. The van der Waals surface area contributed by atoms with Crippen molar-refractivity contribution >= 4 is 40.7 Å². The molecule has 0 radical (unpaired) electrons. The number of Topliss-reactive ketones (excluding diaryl/α,β-unsaturated/α-hetero) is 1. The molecule has 11 nitrogen and oxygen atoms in total.